The quantitative estimate of drug-likeness (QED) is 0.723. The van der Waals surface area contributed by atoms with Gasteiger partial charge in [-0.2, -0.15) is 0 Å². The van der Waals surface area contributed by atoms with Crippen molar-refractivity contribution < 1.29 is 5.11 Å². The Morgan fingerprint density at radius 1 is 1.25 bits per heavy atom. The van der Waals surface area contributed by atoms with Crippen LogP contribution in [0.3, 0.4) is 0 Å². The van der Waals surface area contributed by atoms with E-state index in [-0.39, 0.29) is 6.61 Å². The van der Waals surface area contributed by atoms with Crippen LogP contribution in [0.2, 0.25) is 0 Å². The van der Waals surface area contributed by atoms with Crippen LogP contribution in [-0.2, 0) is 0 Å². The second-order valence-electron chi connectivity index (χ2n) is 4.55. The number of benzene rings is 1. The Hall–Kier alpha value is -0.900. The molecule has 1 aliphatic rings. The van der Waals surface area contributed by atoms with Gasteiger partial charge in [0.2, 0.25) is 0 Å². The topological polar surface area (TPSA) is 44.3 Å². The molecule has 3 N–H and O–H groups in total. The Kier molecular flexibility index (Phi) is 3.93. The summed E-state index contributed by atoms with van der Waals surface area (Å²) >= 11 is 0. The standard InChI is InChI=1S/C13H20N2O/c1-10-4-6-11(7-5-10)13-9-12(14-15-13)3-2-8-16/h4-7,12-16H,2-3,8-9H2,1H3. The summed E-state index contributed by atoms with van der Waals surface area (Å²) in [4.78, 5) is 0. The molecule has 2 atom stereocenters. The van der Waals surface area contributed by atoms with Gasteiger partial charge in [0.1, 0.15) is 0 Å². The van der Waals surface area contributed by atoms with Crippen LogP contribution in [-0.4, -0.2) is 17.8 Å². The third-order valence-electron chi connectivity index (χ3n) is 3.17. The molecule has 16 heavy (non-hydrogen) atoms. The third-order valence-corrected chi connectivity index (χ3v) is 3.17. The van der Waals surface area contributed by atoms with Crippen molar-refractivity contribution in [2.75, 3.05) is 6.61 Å². The molecule has 1 aliphatic heterocycles. The number of hydrogen-bond donors (Lipinski definition) is 3. The highest BCUT2D eigenvalue weighted by atomic mass is 16.2. The average molecular weight is 220 g/mol. The van der Waals surface area contributed by atoms with E-state index in [1.165, 1.54) is 11.1 Å². The predicted molar refractivity (Wildman–Crippen MR) is 64.9 cm³/mol. The number of aliphatic hydroxyl groups excluding tert-OH is 1. The highest BCUT2D eigenvalue weighted by Gasteiger charge is 2.23. The molecule has 0 saturated carbocycles. The number of rotatable bonds is 4. The Balaban J connectivity index is 1.90. The van der Waals surface area contributed by atoms with E-state index < -0.39 is 0 Å². The molecule has 1 saturated heterocycles. The van der Waals surface area contributed by atoms with Gasteiger partial charge in [-0.1, -0.05) is 29.8 Å². The largest absolute Gasteiger partial charge is 0.396 e. The van der Waals surface area contributed by atoms with E-state index >= 15 is 0 Å². The lowest BCUT2D eigenvalue weighted by Gasteiger charge is -2.09. The normalized spacial score (nSPS) is 24.9. The van der Waals surface area contributed by atoms with E-state index in [9.17, 15) is 0 Å². The number of hydrogen-bond acceptors (Lipinski definition) is 3. The summed E-state index contributed by atoms with van der Waals surface area (Å²) in [5.74, 6) is 0. The van der Waals surface area contributed by atoms with Crippen molar-refractivity contribution in [2.45, 2.75) is 38.3 Å². The minimum atomic E-state index is 0.285. The summed E-state index contributed by atoms with van der Waals surface area (Å²) in [6.07, 6.45) is 3.01. The summed E-state index contributed by atoms with van der Waals surface area (Å²) in [5, 5.41) is 8.79. The molecule has 2 rings (SSSR count). The van der Waals surface area contributed by atoms with Gasteiger partial charge in [-0.25, -0.2) is 0 Å². The highest BCUT2D eigenvalue weighted by Crippen LogP contribution is 2.24. The molecule has 0 radical (unpaired) electrons. The van der Waals surface area contributed by atoms with Gasteiger partial charge in [-0.15, -0.1) is 0 Å². The highest BCUT2D eigenvalue weighted by molar-refractivity contribution is 5.24. The molecule has 1 aromatic carbocycles. The molecule has 3 nitrogen and oxygen atoms in total. The fourth-order valence-corrected chi connectivity index (χ4v) is 2.17. The number of aryl methyl sites for hydroxylation is 1. The van der Waals surface area contributed by atoms with Gasteiger partial charge < -0.3 is 5.11 Å². The lowest BCUT2D eigenvalue weighted by Crippen LogP contribution is -2.30. The van der Waals surface area contributed by atoms with Crippen LogP contribution < -0.4 is 10.9 Å². The Bertz CT molecular complexity index is 323. The van der Waals surface area contributed by atoms with E-state index in [4.69, 9.17) is 5.11 Å². The van der Waals surface area contributed by atoms with E-state index in [1.54, 1.807) is 0 Å². The Morgan fingerprint density at radius 3 is 2.69 bits per heavy atom. The van der Waals surface area contributed by atoms with E-state index in [0.717, 1.165) is 19.3 Å². The van der Waals surface area contributed by atoms with Gasteiger partial charge in [-0.3, -0.25) is 10.9 Å². The van der Waals surface area contributed by atoms with Crippen molar-refractivity contribution in [2.24, 2.45) is 0 Å². The van der Waals surface area contributed by atoms with Crippen LogP contribution >= 0.6 is 0 Å². The van der Waals surface area contributed by atoms with E-state index in [0.29, 0.717) is 12.1 Å². The van der Waals surface area contributed by atoms with Crippen molar-refractivity contribution in [3.63, 3.8) is 0 Å². The third kappa shape index (κ3) is 2.82. The van der Waals surface area contributed by atoms with Gasteiger partial charge in [0.15, 0.2) is 0 Å². The van der Waals surface area contributed by atoms with Crippen molar-refractivity contribution in [3.8, 4) is 0 Å². The van der Waals surface area contributed by atoms with Crippen LogP contribution in [0.4, 0.5) is 0 Å². The minimum absolute atomic E-state index is 0.285. The molecular formula is C13H20N2O. The van der Waals surface area contributed by atoms with Crippen LogP contribution in [0, 0.1) is 6.92 Å². The molecule has 0 aromatic heterocycles. The molecule has 1 heterocycles. The zero-order valence-electron chi connectivity index (χ0n) is 9.74. The molecule has 3 heteroatoms. The van der Waals surface area contributed by atoms with Crippen LogP contribution in [0.25, 0.3) is 0 Å². The summed E-state index contributed by atoms with van der Waals surface area (Å²) in [6, 6.07) is 9.56. The summed E-state index contributed by atoms with van der Waals surface area (Å²) in [5.41, 5.74) is 9.25. The Morgan fingerprint density at radius 2 is 2.00 bits per heavy atom. The molecular weight excluding hydrogens is 200 g/mol. The zero-order valence-corrected chi connectivity index (χ0v) is 9.74. The lowest BCUT2D eigenvalue weighted by atomic mass is 9.99. The summed E-state index contributed by atoms with van der Waals surface area (Å²) < 4.78 is 0. The predicted octanol–water partition coefficient (Wildman–Crippen LogP) is 1.68. The Labute approximate surface area is 96.8 Å². The first-order chi connectivity index (χ1) is 7.79. The first-order valence-corrected chi connectivity index (χ1v) is 5.98. The van der Waals surface area contributed by atoms with Gasteiger partial charge in [-0.05, 0) is 31.7 Å². The molecule has 0 spiro atoms. The summed E-state index contributed by atoms with van der Waals surface area (Å²) in [6.45, 7) is 2.39. The fraction of sp³-hybridized carbons (Fsp3) is 0.538. The lowest BCUT2D eigenvalue weighted by molar-refractivity contribution is 0.276. The maximum atomic E-state index is 8.79. The molecule has 0 amide bonds. The molecule has 0 bridgehead atoms. The second kappa shape index (κ2) is 5.43. The van der Waals surface area contributed by atoms with E-state index in [1.807, 2.05) is 0 Å². The van der Waals surface area contributed by atoms with Crippen LogP contribution in [0.1, 0.15) is 36.4 Å². The van der Waals surface area contributed by atoms with Crippen LogP contribution in [0.5, 0.6) is 0 Å². The van der Waals surface area contributed by atoms with Crippen molar-refractivity contribution in [1.82, 2.24) is 10.9 Å². The first-order valence-electron chi connectivity index (χ1n) is 5.98. The second-order valence-corrected chi connectivity index (χ2v) is 4.55. The number of nitrogens with one attached hydrogen (secondary N) is 2. The molecule has 1 aromatic rings. The summed E-state index contributed by atoms with van der Waals surface area (Å²) in [7, 11) is 0. The fourth-order valence-electron chi connectivity index (χ4n) is 2.17. The van der Waals surface area contributed by atoms with Gasteiger partial charge >= 0.3 is 0 Å². The monoisotopic (exact) mass is 220 g/mol. The van der Waals surface area contributed by atoms with Gasteiger partial charge in [0, 0.05) is 18.7 Å². The van der Waals surface area contributed by atoms with Crippen LogP contribution in [0.15, 0.2) is 24.3 Å². The SMILES string of the molecule is Cc1ccc(C2CC(CCCO)NN2)cc1. The van der Waals surface area contributed by atoms with Crippen molar-refractivity contribution in [3.05, 3.63) is 35.4 Å². The molecule has 1 fully saturated rings. The maximum absolute atomic E-state index is 8.79. The molecule has 88 valence electrons. The van der Waals surface area contributed by atoms with Crippen molar-refractivity contribution in [1.29, 1.82) is 0 Å². The number of aliphatic hydroxyl groups is 1. The van der Waals surface area contributed by atoms with Gasteiger partial charge in [0.05, 0.1) is 0 Å². The zero-order chi connectivity index (χ0) is 11.4. The molecule has 2 unspecified atom stereocenters. The number of hydrazine groups is 1. The molecule has 0 aliphatic carbocycles. The average Bonchev–Trinajstić information content (AvgIpc) is 2.76. The van der Waals surface area contributed by atoms with Crippen molar-refractivity contribution >= 4 is 0 Å². The first kappa shape index (κ1) is 11.6. The van der Waals surface area contributed by atoms with Gasteiger partial charge in [0.25, 0.3) is 0 Å². The minimum Gasteiger partial charge on any atom is -0.396 e. The van der Waals surface area contributed by atoms with E-state index in [2.05, 4.69) is 42.0 Å². The maximum Gasteiger partial charge on any atom is 0.0477 e. The smallest absolute Gasteiger partial charge is 0.0477 e.